The summed E-state index contributed by atoms with van der Waals surface area (Å²) in [5.74, 6) is -0.789. The molecule has 2 aromatic rings. The van der Waals surface area contributed by atoms with Gasteiger partial charge in [-0.05, 0) is 18.1 Å². The second kappa shape index (κ2) is 6.65. The van der Waals surface area contributed by atoms with Crippen LogP contribution in [0.5, 0.6) is 0 Å². The van der Waals surface area contributed by atoms with Crippen molar-refractivity contribution < 1.29 is 9.90 Å². The Kier molecular flexibility index (Phi) is 4.89. The van der Waals surface area contributed by atoms with Crippen LogP contribution >= 0.6 is 15.9 Å². The number of rotatable bonds is 6. The third kappa shape index (κ3) is 3.25. The SMILES string of the molecule is CCCn1ncnc1CC(C(=O)O)c1ccccc1Br. The molecule has 1 aromatic carbocycles. The van der Waals surface area contributed by atoms with Crippen LogP contribution in [-0.4, -0.2) is 25.8 Å². The van der Waals surface area contributed by atoms with Gasteiger partial charge in [-0.2, -0.15) is 5.10 Å². The van der Waals surface area contributed by atoms with Gasteiger partial charge in [0.15, 0.2) is 0 Å². The molecule has 1 heterocycles. The van der Waals surface area contributed by atoms with E-state index in [4.69, 9.17) is 0 Å². The lowest BCUT2D eigenvalue weighted by atomic mass is 9.95. The first-order valence-electron chi connectivity index (χ1n) is 6.47. The van der Waals surface area contributed by atoms with Gasteiger partial charge in [0.25, 0.3) is 0 Å². The molecule has 0 aliphatic carbocycles. The highest BCUT2D eigenvalue weighted by Crippen LogP contribution is 2.27. The summed E-state index contributed by atoms with van der Waals surface area (Å²) in [6, 6.07) is 7.38. The van der Waals surface area contributed by atoms with Gasteiger partial charge in [0.2, 0.25) is 0 Å². The highest BCUT2D eigenvalue weighted by Gasteiger charge is 2.24. The van der Waals surface area contributed by atoms with Crippen LogP contribution in [0.15, 0.2) is 35.1 Å². The van der Waals surface area contributed by atoms with Crippen molar-refractivity contribution in [2.45, 2.75) is 32.2 Å². The molecule has 0 aliphatic rings. The van der Waals surface area contributed by atoms with Gasteiger partial charge in [0.1, 0.15) is 12.2 Å². The van der Waals surface area contributed by atoms with Crippen LogP contribution in [0, 0.1) is 0 Å². The number of hydrogen-bond acceptors (Lipinski definition) is 3. The Balaban J connectivity index is 2.29. The Bertz CT molecular complexity index is 598. The van der Waals surface area contributed by atoms with Crippen LogP contribution in [0.1, 0.15) is 30.7 Å². The molecular weight excluding hydrogens is 322 g/mol. The van der Waals surface area contributed by atoms with Gasteiger partial charge >= 0.3 is 5.97 Å². The minimum absolute atomic E-state index is 0.331. The topological polar surface area (TPSA) is 68.0 Å². The molecule has 2 rings (SSSR count). The lowest BCUT2D eigenvalue weighted by molar-refractivity contribution is -0.138. The number of aliphatic carboxylic acids is 1. The standard InChI is InChI=1S/C14H16BrN3O2/c1-2-7-18-13(16-9-17-18)8-11(14(19)20)10-5-3-4-6-12(10)15/h3-6,9,11H,2,7-8H2,1H3,(H,19,20). The lowest BCUT2D eigenvalue weighted by Crippen LogP contribution is -2.18. The average Bonchev–Trinajstić information content (AvgIpc) is 2.84. The number of nitrogens with zero attached hydrogens (tertiary/aromatic N) is 3. The summed E-state index contributed by atoms with van der Waals surface area (Å²) in [7, 11) is 0. The number of aromatic nitrogens is 3. The molecule has 0 bridgehead atoms. The van der Waals surface area contributed by atoms with Crippen LogP contribution in [-0.2, 0) is 17.8 Å². The van der Waals surface area contributed by atoms with E-state index in [1.165, 1.54) is 6.33 Å². The summed E-state index contributed by atoms with van der Waals surface area (Å²) < 4.78 is 2.57. The van der Waals surface area contributed by atoms with E-state index in [0.717, 1.165) is 23.0 Å². The molecule has 6 heteroatoms. The van der Waals surface area contributed by atoms with Crippen molar-refractivity contribution in [3.63, 3.8) is 0 Å². The van der Waals surface area contributed by atoms with Crippen LogP contribution in [0.4, 0.5) is 0 Å². The Morgan fingerprint density at radius 2 is 2.20 bits per heavy atom. The van der Waals surface area contributed by atoms with Gasteiger partial charge in [0.05, 0.1) is 5.92 Å². The number of hydrogen-bond donors (Lipinski definition) is 1. The normalized spacial score (nSPS) is 12.3. The summed E-state index contributed by atoms with van der Waals surface area (Å²) in [6.45, 7) is 2.80. The predicted molar refractivity (Wildman–Crippen MR) is 78.5 cm³/mol. The molecule has 1 N–H and O–H groups in total. The fourth-order valence-corrected chi connectivity index (χ4v) is 2.68. The van der Waals surface area contributed by atoms with Crippen molar-refractivity contribution in [2.75, 3.05) is 0 Å². The molecule has 0 saturated carbocycles. The second-order valence-corrected chi connectivity index (χ2v) is 5.37. The number of carbonyl (C=O) groups is 1. The van der Waals surface area contributed by atoms with Crippen molar-refractivity contribution in [1.82, 2.24) is 14.8 Å². The third-order valence-electron chi connectivity index (χ3n) is 3.10. The first-order valence-corrected chi connectivity index (χ1v) is 7.26. The predicted octanol–water partition coefficient (Wildman–Crippen LogP) is 2.86. The second-order valence-electron chi connectivity index (χ2n) is 4.52. The summed E-state index contributed by atoms with van der Waals surface area (Å²) in [5.41, 5.74) is 0.756. The third-order valence-corrected chi connectivity index (χ3v) is 3.82. The van der Waals surface area contributed by atoms with Crippen molar-refractivity contribution in [3.8, 4) is 0 Å². The smallest absolute Gasteiger partial charge is 0.311 e. The first kappa shape index (κ1) is 14.7. The Morgan fingerprint density at radius 1 is 1.45 bits per heavy atom. The minimum atomic E-state index is -0.858. The van der Waals surface area contributed by atoms with Gasteiger partial charge in [-0.25, -0.2) is 4.98 Å². The van der Waals surface area contributed by atoms with Gasteiger partial charge in [-0.1, -0.05) is 41.1 Å². The molecule has 5 nitrogen and oxygen atoms in total. The zero-order valence-electron chi connectivity index (χ0n) is 11.2. The number of halogens is 1. The lowest BCUT2D eigenvalue weighted by Gasteiger charge is -2.14. The molecule has 20 heavy (non-hydrogen) atoms. The maximum Gasteiger partial charge on any atom is 0.311 e. The molecule has 0 fully saturated rings. The monoisotopic (exact) mass is 337 g/mol. The zero-order valence-corrected chi connectivity index (χ0v) is 12.7. The summed E-state index contributed by atoms with van der Waals surface area (Å²) in [6.07, 6.45) is 2.74. The Morgan fingerprint density at radius 3 is 2.85 bits per heavy atom. The Labute approximate surface area is 125 Å². The number of benzene rings is 1. The fraction of sp³-hybridized carbons (Fsp3) is 0.357. The molecule has 0 amide bonds. The number of carboxylic acid groups (broad SMARTS) is 1. The Hall–Kier alpha value is -1.69. The van der Waals surface area contributed by atoms with E-state index in [9.17, 15) is 9.90 Å². The molecule has 0 aliphatic heterocycles. The van der Waals surface area contributed by atoms with Gasteiger partial charge in [-0.3, -0.25) is 9.48 Å². The molecule has 0 spiro atoms. The average molecular weight is 338 g/mol. The summed E-state index contributed by atoms with van der Waals surface area (Å²) in [5, 5.41) is 13.6. The molecule has 1 aromatic heterocycles. The maximum absolute atomic E-state index is 11.6. The van der Waals surface area contributed by atoms with Crippen molar-refractivity contribution >= 4 is 21.9 Å². The van der Waals surface area contributed by atoms with Crippen molar-refractivity contribution in [3.05, 3.63) is 46.5 Å². The minimum Gasteiger partial charge on any atom is -0.481 e. The van der Waals surface area contributed by atoms with Crippen LogP contribution in [0.3, 0.4) is 0 Å². The largest absolute Gasteiger partial charge is 0.481 e. The molecule has 106 valence electrons. The molecule has 0 radical (unpaired) electrons. The van der Waals surface area contributed by atoms with E-state index in [-0.39, 0.29) is 0 Å². The first-order chi connectivity index (χ1) is 9.63. The molecule has 1 unspecified atom stereocenters. The van der Waals surface area contributed by atoms with Gasteiger partial charge < -0.3 is 5.11 Å². The number of carboxylic acids is 1. The van der Waals surface area contributed by atoms with Crippen molar-refractivity contribution in [1.29, 1.82) is 0 Å². The van der Waals surface area contributed by atoms with E-state index < -0.39 is 11.9 Å². The molecular formula is C14H16BrN3O2. The maximum atomic E-state index is 11.6. The van der Waals surface area contributed by atoms with Crippen molar-refractivity contribution in [2.24, 2.45) is 0 Å². The fourth-order valence-electron chi connectivity index (χ4n) is 2.12. The summed E-state index contributed by atoms with van der Waals surface area (Å²) >= 11 is 3.41. The molecule has 0 saturated heterocycles. The van der Waals surface area contributed by atoms with E-state index in [1.807, 2.05) is 31.2 Å². The highest BCUT2D eigenvalue weighted by atomic mass is 79.9. The van der Waals surface area contributed by atoms with E-state index in [1.54, 1.807) is 4.68 Å². The van der Waals surface area contributed by atoms with E-state index in [2.05, 4.69) is 26.0 Å². The quantitative estimate of drug-likeness (QED) is 0.879. The molecule has 1 atom stereocenters. The van der Waals surface area contributed by atoms with E-state index in [0.29, 0.717) is 12.2 Å². The van der Waals surface area contributed by atoms with Gasteiger partial charge in [-0.15, -0.1) is 0 Å². The summed E-state index contributed by atoms with van der Waals surface area (Å²) in [4.78, 5) is 15.8. The van der Waals surface area contributed by atoms with E-state index >= 15 is 0 Å². The van der Waals surface area contributed by atoms with Crippen LogP contribution in [0.2, 0.25) is 0 Å². The zero-order chi connectivity index (χ0) is 14.5. The number of aryl methyl sites for hydroxylation is 1. The van der Waals surface area contributed by atoms with Crippen LogP contribution < -0.4 is 0 Å². The van der Waals surface area contributed by atoms with Crippen LogP contribution in [0.25, 0.3) is 0 Å². The highest BCUT2D eigenvalue weighted by molar-refractivity contribution is 9.10. The van der Waals surface area contributed by atoms with Gasteiger partial charge in [0, 0.05) is 17.4 Å².